The summed E-state index contributed by atoms with van der Waals surface area (Å²) in [6.45, 7) is 10.5. The minimum absolute atomic E-state index is 0.160. The molecule has 1 unspecified atom stereocenters. The molecule has 2 aliphatic rings. The van der Waals surface area contributed by atoms with Crippen LogP contribution in [-0.2, 0) is 14.3 Å². The van der Waals surface area contributed by atoms with Crippen LogP contribution in [0, 0.1) is 5.21 Å². The van der Waals surface area contributed by atoms with E-state index >= 15 is 0 Å². The van der Waals surface area contributed by atoms with Crippen LogP contribution in [0.25, 0.3) is 0 Å². The number of alkyl carbamates (subject to hydrolysis) is 2. The number of quaternary nitrogens is 1. The lowest BCUT2D eigenvalue weighted by Gasteiger charge is -2.49. The topological polar surface area (TPSA) is 120 Å². The molecule has 2 N–H and O–H groups in total. The summed E-state index contributed by atoms with van der Waals surface area (Å²) in [4.78, 5) is 37.4. The van der Waals surface area contributed by atoms with Crippen molar-refractivity contribution in [2.45, 2.75) is 64.6 Å². The van der Waals surface area contributed by atoms with Crippen molar-refractivity contribution >= 4 is 18.1 Å². The summed E-state index contributed by atoms with van der Waals surface area (Å²) in [6.07, 6.45) is 5.51. The van der Waals surface area contributed by atoms with Gasteiger partial charge in [-0.15, -0.1) is 0 Å². The van der Waals surface area contributed by atoms with Gasteiger partial charge in [0, 0.05) is 25.6 Å². The number of piperazine rings is 1. The van der Waals surface area contributed by atoms with Crippen LogP contribution in [0.2, 0.25) is 0 Å². The van der Waals surface area contributed by atoms with E-state index in [0.717, 1.165) is 19.3 Å². The summed E-state index contributed by atoms with van der Waals surface area (Å²) in [6, 6.07) is 0. The second-order valence-electron chi connectivity index (χ2n) is 9.42. The number of hydroxylamine groups is 3. The number of amides is 3. The summed E-state index contributed by atoms with van der Waals surface area (Å²) in [7, 11) is 0. The van der Waals surface area contributed by atoms with Crippen molar-refractivity contribution < 1.29 is 28.5 Å². The number of allylic oxidation sites excluding steroid dienone is 1. The summed E-state index contributed by atoms with van der Waals surface area (Å²) < 4.78 is 10.2. The fourth-order valence-electron chi connectivity index (χ4n) is 3.89. The normalized spacial score (nSPS) is 22.6. The smallest absolute Gasteiger partial charge is 0.407 e. The van der Waals surface area contributed by atoms with Crippen molar-refractivity contribution in [1.82, 2.24) is 15.5 Å². The van der Waals surface area contributed by atoms with Crippen LogP contribution in [0.5, 0.6) is 0 Å². The van der Waals surface area contributed by atoms with Crippen LogP contribution in [-0.4, -0.2) is 78.6 Å². The van der Waals surface area contributed by atoms with Gasteiger partial charge < -0.3 is 34.9 Å². The molecule has 0 aromatic heterocycles. The number of hydrogen-bond donors (Lipinski definition) is 2. The SMILES string of the molecule is C=CC(=O)N1CC[N+]([O-])(/C2=C/C(OC(=O)NCCNC(=O)OC(C)(C)C)CCCCC2)CC1. The Morgan fingerprint density at radius 3 is 2.39 bits per heavy atom. The second kappa shape index (κ2) is 12.0. The second-order valence-corrected chi connectivity index (χ2v) is 9.42. The van der Waals surface area contributed by atoms with E-state index < -0.39 is 28.5 Å². The standard InChI is InChI=1S/C23H38N4O6/c1-5-20(28)26-13-15-27(31,16-14-26)18-9-7-6-8-10-19(17-18)32-21(29)24-11-12-25-22(30)33-23(2,3)4/h5,17,19H,1,6-16H2,2-4H3,(H,24,29)(H,25,30)/b18-17+. The molecule has 1 atom stereocenters. The minimum Gasteiger partial charge on any atom is -0.627 e. The van der Waals surface area contributed by atoms with Gasteiger partial charge >= 0.3 is 12.2 Å². The van der Waals surface area contributed by atoms with Gasteiger partial charge in [0.25, 0.3) is 0 Å². The van der Waals surface area contributed by atoms with Crippen molar-refractivity contribution in [2.75, 3.05) is 39.3 Å². The third-order valence-electron chi connectivity index (χ3n) is 5.59. The number of rotatable bonds is 6. The number of nitrogens with zero attached hydrogens (tertiary/aromatic N) is 2. The summed E-state index contributed by atoms with van der Waals surface area (Å²) in [5.74, 6) is -0.160. The molecule has 1 saturated heterocycles. The van der Waals surface area contributed by atoms with E-state index in [9.17, 15) is 19.6 Å². The van der Waals surface area contributed by atoms with Crippen molar-refractivity contribution in [2.24, 2.45) is 0 Å². The van der Waals surface area contributed by atoms with Crippen LogP contribution in [0.1, 0.15) is 52.9 Å². The Balaban J connectivity index is 1.88. The zero-order valence-electron chi connectivity index (χ0n) is 20.1. The van der Waals surface area contributed by atoms with Gasteiger partial charge in [0.15, 0.2) is 0 Å². The molecule has 3 amide bonds. The lowest BCUT2D eigenvalue weighted by atomic mass is 10.0. The highest BCUT2D eigenvalue weighted by atomic mass is 16.6. The van der Waals surface area contributed by atoms with Gasteiger partial charge in [-0.1, -0.05) is 13.0 Å². The van der Waals surface area contributed by atoms with E-state index in [1.54, 1.807) is 31.7 Å². The van der Waals surface area contributed by atoms with Crippen LogP contribution in [0.15, 0.2) is 24.4 Å². The molecule has 0 saturated carbocycles. The van der Waals surface area contributed by atoms with E-state index in [4.69, 9.17) is 9.47 Å². The van der Waals surface area contributed by atoms with Crippen molar-refractivity contribution in [1.29, 1.82) is 0 Å². The molecule has 10 nitrogen and oxygen atoms in total. The maximum absolute atomic E-state index is 13.5. The highest BCUT2D eigenvalue weighted by molar-refractivity contribution is 5.87. The molecule has 33 heavy (non-hydrogen) atoms. The lowest BCUT2D eigenvalue weighted by Crippen LogP contribution is -2.56. The van der Waals surface area contributed by atoms with E-state index in [1.807, 2.05) is 0 Å². The molecule has 0 bridgehead atoms. The summed E-state index contributed by atoms with van der Waals surface area (Å²) in [5, 5.41) is 18.7. The molecule has 0 aromatic carbocycles. The van der Waals surface area contributed by atoms with Gasteiger partial charge in [0.2, 0.25) is 5.91 Å². The Hall–Kier alpha value is -2.59. The van der Waals surface area contributed by atoms with Gasteiger partial charge in [0.05, 0.1) is 13.1 Å². The van der Waals surface area contributed by atoms with Gasteiger partial charge in [0.1, 0.15) is 30.5 Å². The van der Waals surface area contributed by atoms with Crippen LogP contribution in [0.4, 0.5) is 9.59 Å². The van der Waals surface area contributed by atoms with Crippen molar-refractivity contribution in [3.8, 4) is 0 Å². The molecule has 1 heterocycles. The zero-order chi connectivity index (χ0) is 24.5. The van der Waals surface area contributed by atoms with Crippen LogP contribution >= 0.6 is 0 Å². The van der Waals surface area contributed by atoms with E-state index in [1.165, 1.54) is 6.08 Å². The molecule has 2 rings (SSSR count). The molecule has 1 fully saturated rings. The molecule has 1 aliphatic heterocycles. The van der Waals surface area contributed by atoms with E-state index in [2.05, 4.69) is 17.2 Å². The molecule has 10 heteroatoms. The fourth-order valence-corrected chi connectivity index (χ4v) is 3.89. The quantitative estimate of drug-likeness (QED) is 0.269. The van der Waals surface area contributed by atoms with E-state index in [0.29, 0.717) is 31.6 Å². The average molecular weight is 467 g/mol. The highest BCUT2D eigenvalue weighted by Gasteiger charge is 2.32. The molecule has 0 radical (unpaired) electrons. The van der Waals surface area contributed by atoms with Crippen LogP contribution < -0.4 is 10.6 Å². The number of carbonyl (C=O) groups excluding carboxylic acids is 3. The summed E-state index contributed by atoms with van der Waals surface area (Å²) >= 11 is 0. The van der Waals surface area contributed by atoms with Gasteiger partial charge in [-0.25, -0.2) is 9.59 Å². The number of nitrogens with one attached hydrogen (secondary N) is 2. The molecule has 186 valence electrons. The molecular formula is C23H38N4O6. The van der Waals surface area contributed by atoms with E-state index in [-0.39, 0.29) is 32.1 Å². The maximum atomic E-state index is 13.5. The largest absolute Gasteiger partial charge is 0.627 e. The first-order valence-corrected chi connectivity index (χ1v) is 11.6. The molecule has 0 spiro atoms. The first-order chi connectivity index (χ1) is 15.5. The maximum Gasteiger partial charge on any atom is 0.407 e. The van der Waals surface area contributed by atoms with Crippen molar-refractivity contribution in [3.05, 3.63) is 29.6 Å². The summed E-state index contributed by atoms with van der Waals surface area (Å²) in [5.41, 5.74) is 0.123. The molecular weight excluding hydrogens is 428 g/mol. The predicted octanol–water partition coefficient (Wildman–Crippen LogP) is 2.80. The Morgan fingerprint density at radius 2 is 1.79 bits per heavy atom. The third-order valence-corrected chi connectivity index (χ3v) is 5.59. The van der Waals surface area contributed by atoms with Crippen molar-refractivity contribution in [3.63, 3.8) is 0 Å². The lowest BCUT2D eigenvalue weighted by molar-refractivity contribution is -0.848. The number of hydrogen-bond acceptors (Lipinski definition) is 6. The Labute approximate surface area is 196 Å². The zero-order valence-corrected chi connectivity index (χ0v) is 20.1. The first kappa shape index (κ1) is 26.7. The van der Waals surface area contributed by atoms with Gasteiger partial charge in [-0.2, -0.15) is 0 Å². The molecule has 1 aliphatic carbocycles. The third kappa shape index (κ3) is 9.05. The first-order valence-electron chi connectivity index (χ1n) is 11.6. The van der Waals surface area contributed by atoms with Gasteiger partial charge in [-0.05, 0) is 46.1 Å². The average Bonchev–Trinajstić information content (AvgIpc) is 2.71. The number of carbonyl (C=O) groups is 3. The monoisotopic (exact) mass is 466 g/mol. The Kier molecular flexibility index (Phi) is 9.72. The van der Waals surface area contributed by atoms with Gasteiger partial charge in [-0.3, -0.25) is 4.79 Å². The minimum atomic E-state index is -0.596. The Bertz CT molecular complexity index is 738. The fraction of sp³-hybridized carbons (Fsp3) is 0.696. The molecule has 0 aromatic rings. The highest BCUT2D eigenvalue weighted by Crippen LogP contribution is 2.28. The Morgan fingerprint density at radius 1 is 1.15 bits per heavy atom. The predicted molar refractivity (Wildman–Crippen MR) is 124 cm³/mol. The van der Waals surface area contributed by atoms with Crippen LogP contribution in [0.3, 0.4) is 0 Å². The number of ether oxygens (including phenoxy) is 2.